The van der Waals surface area contributed by atoms with E-state index in [1.165, 1.54) is 11.1 Å². The van der Waals surface area contributed by atoms with E-state index in [1.807, 2.05) is 91.0 Å². The third-order valence-corrected chi connectivity index (χ3v) is 10.3. The molecule has 0 radical (unpaired) electrons. The number of likely N-dealkylation sites (tertiary alicyclic amines) is 2. The fourth-order valence-corrected chi connectivity index (χ4v) is 7.65. The lowest BCUT2D eigenvalue weighted by molar-refractivity contribution is -0.136. The first-order valence-electron chi connectivity index (χ1n) is 18.1. The second-order valence-electron chi connectivity index (χ2n) is 13.9. The normalized spacial score (nSPS) is 18.7. The van der Waals surface area contributed by atoms with Crippen molar-refractivity contribution in [1.29, 1.82) is 0 Å². The number of nitrogens with one attached hydrogen (secondary N) is 2. The van der Waals surface area contributed by atoms with Crippen molar-refractivity contribution in [3.63, 3.8) is 0 Å². The first-order chi connectivity index (χ1) is 24.9. The summed E-state index contributed by atoms with van der Waals surface area (Å²) in [6.45, 7) is 3.69. The number of fused-ring (bicyclic) bond motifs is 1. The van der Waals surface area contributed by atoms with Crippen molar-refractivity contribution in [2.45, 2.75) is 70.1 Å². The summed E-state index contributed by atoms with van der Waals surface area (Å²) in [7, 11) is 0. The van der Waals surface area contributed by atoms with Crippen molar-refractivity contribution >= 4 is 35.0 Å². The van der Waals surface area contributed by atoms with E-state index in [9.17, 15) is 19.2 Å². The summed E-state index contributed by atoms with van der Waals surface area (Å²) in [6, 6.07) is 32.5. The Morgan fingerprint density at radius 1 is 0.569 bits per heavy atom. The zero-order valence-corrected chi connectivity index (χ0v) is 28.9. The second kappa shape index (κ2) is 15.7. The van der Waals surface area contributed by atoms with Crippen LogP contribution in [0.1, 0.15) is 53.5 Å². The smallest absolute Gasteiger partial charge is 0.247 e. The van der Waals surface area contributed by atoms with Crippen LogP contribution in [0.3, 0.4) is 0 Å². The summed E-state index contributed by atoms with van der Waals surface area (Å²) in [4.78, 5) is 58.4. The SMILES string of the molecule is O=C(Nc1ccc(CN2CCc3cc(NC(=O)[C@@H]4CCCN4C(=O)Cc4ccccc4)ccc3C2)cc1)[C@@H]1CCCN1C(=O)Cc1ccccc1. The van der Waals surface area contributed by atoms with Crippen LogP contribution in [0.4, 0.5) is 11.4 Å². The lowest BCUT2D eigenvalue weighted by atomic mass is 9.98. The Morgan fingerprint density at radius 2 is 1.10 bits per heavy atom. The molecule has 4 amide bonds. The Hall–Kier alpha value is -5.28. The molecule has 3 aliphatic rings. The average Bonchev–Trinajstić information content (AvgIpc) is 3.85. The Balaban J connectivity index is 0.891. The van der Waals surface area contributed by atoms with Crippen molar-refractivity contribution < 1.29 is 19.2 Å². The number of hydrogen-bond acceptors (Lipinski definition) is 5. The average molecular weight is 684 g/mol. The van der Waals surface area contributed by atoms with Gasteiger partial charge in [-0.1, -0.05) is 78.9 Å². The molecule has 0 saturated carbocycles. The lowest BCUT2D eigenvalue weighted by Gasteiger charge is -2.29. The number of nitrogens with zero attached hydrogens (tertiary/aromatic N) is 3. The molecule has 9 heteroatoms. The van der Waals surface area contributed by atoms with Crippen LogP contribution >= 0.6 is 0 Å². The van der Waals surface area contributed by atoms with E-state index in [0.29, 0.717) is 38.8 Å². The molecule has 0 aliphatic carbocycles. The number of carbonyl (C=O) groups excluding carboxylic acids is 4. The quantitative estimate of drug-likeness (QED) is 0.227. The molecule has 0 spiro atoms. The van der Waals surface area contributed by atoms with Crippen LogP contribution < -0.4 is 10.6 Å². The predicted octanol–water partition coefficient (Wildman–Crippen LogP) is 5.59. The monoisotopic (exact) mass is 683 g/mol. The summed E-state index contributed by atoms with van der Waals surface area (Å²) < 4.78 is 0. The zero-order valence-electron chi connectivity index (χ0n) is 28.9. The van der Waals surface area contributed by atoms with Gasteiger partial charge in [0.1, 0.15) is 12.1 Å². The van der Waals surface area contributed by atoms with Gasteiger partial charge in [-0.15, -0.1) is 0 Å². The fourth-order valence-electron chi connectivity index (χ4n) is 7.65. The van der Waals surface area contributed by atoms with Crippen molar-refractivity contribution in [3.05, 3.63) is 131 Å². The van der Waals surface area contributed by atoms with Gasteiger partial charge >= 0.3 is 0 Å². The number of rotatable bonds is 10. The molecule has 51 heavy (non-hydrogen) atoms. The number of carbonyl (C=O) groups is 4. The van der Waals surface area contributed by atoms with Gasteiger partial charge in [-0.2, -0.15) is 0 Å². The minimum absolute atomic E-state index is 0.00738. The van der Waals surface area contributed by atoms with Gasteiger partial charge in [0.2, 0.25) is 23.6 Å². The molecule has 9 nitrogen and oxygen atoms in total. The zero-order chi connectivity index (χ0) is 35.2. The van der Waals surface area contributed by atoms with Crippen molar-refractivity contribution in [1.82, 2.24) is 14.7 Å². The minimum atomic E-state index is -0.449. The van der Waals surface area contributed by atoms with Crippen LogP contribution in [0.25, 0.3) is 0 Å². The minimum Gasteiger partial charge on any atom is -0.330 e. The van der Waals surface area contributed by atoms with Gasteiger partial charge in [0.15, 0.2) is 0 Å². The van der Waals surface area contributed by atoms with Crippen LogP contribution in [-0.4, -0.2) is 70.0 Å². The van der Waals surface area contributed by atoms with E-state index < -0.39 is 12.1 Å². The molecule has 4 aromatic carbocycles. The van der Waals surface area contributed by atoms with Crippen molar-refractivity contribution in [2.75, 3.05) is 30.3 Å². The molecule has 2 atom stereocenters. The van der Waals surface area contributed by atoms with E-state index in [2.05, 4.69) is 27.7 Å². The molecule has 3 heterocycles. The van der Waals surface area contributed by atoms with Crippen LogP contribution in [-0.2, 0) is 51.5 Å². The maximum atomic E-state index is 13.3. The maximum absolute atomic E-state index is 13.3. The van der Waals surface area contributed by atoms with E-state index in [4.69, 9.17) is 0 Å². The summed E-state index contributed by atoms with van der Waals surface area (Å²) in [5.41, 5.74) is 7.04. The third kappa shape index (κ3) is 8.37. The van der Waals surface area contributed by atoms with Gasteiger partial charge in [-0.3, -0.25) is 24.1 Å². The van der Waals surface area contributed by atoms with Gasteiger partial charge in [0, 0.05) is 44.1 Å². The Kier molecular flexibility index (Phi) is 10.5. The molecular formula is C42H45N5O4. The highest BCUT2D eigenvalue weighted by Gasteiger charge is 2.35. The maximum Gasteiger partial charge on any atom is 0.247 e. The number of anilines is 2. The Labute approximate surface area is 299 Å². The number of hydrogen-bond donors (Lipinski definition) is 2. The first kappa shape index (κ1) is 34.2. The van der Waals surface area contributed by atoms with Gasteiger partial charge in [0.05, 0.1) is 12.8 Å². The summed E-state index contributed by atoms with van der Waals surface area (Å²) in [5.74, 6) is -0.279. The van der Waals surface area contributed by atoms with E-state index in [1.54, 1.807) is 9.80 Å². The molecular weight excluding hydrogens is 638 g/mol. The molecule has 2 N–H and O–H groups in total. The topological polar surface area (TPSA) is 102 Å². The van der Waals surface area contributed by atoms with E-state index in [-0.39, 0.29) is 23.6 Å². The van der Waals surface area contributed by atoms with Crippen LogP contribution in [0.2, 0.25) is 0 Å². The van der Waals surface area contributed by atoms with E-state index >= 15 is 0 Å². The molecule has 0 unspecified atom stereocenters. The van der Waals surface area contributed by atoms with Gasteiger partial charge < -0.3 is 20.4 Å². The number of benzene rings is 4. The molecule has 2 fully saturated rings. The standard InChI is InChI=1S/C42H45N5O4/c48-39(25-30-9-3-1-4-10-30)46-22-7-13-37(46)41(50)43-35-18-15-32(16-19-35)28-45-24-21-33-27-36(20-17-34(33)29-45)44-42(51)38-14-8-23-47(38)40(49)26-31-11-5-2-6-12-31/h1-6,9-12,15-20,27,37-38H,7-8,13-14,21-26,28-29H2,(H,43,50)(H,44,51)/t37-,38-/m0/s1. The Morgan fingerprint density at radius 3 is 1.67 bits per heavy atom. The first-order valence-corrected chi connectivity index (χ1v) is 18.1. The van der Waals surface area contributed by atoms with Gasteiger partial charge in [0.25, 0.3) is 0 Å². The molecule has 262 valence electrons. The second-order valence-corrected chi connectivity index (χ2v) is 13.9. The highest BCUT2D eigenvalue weighted by atomic mass is 16.2. The molecule has 3 aliphatic heterocycles. The van der Waals surface area contributed by atoms with Crippen LogP contribution in [0, 0.1) is 0 Å². The van der Waals surface area contributed by atoms with Gasteiger partial charge in [-0.05, 0) is 84.2 Å². The summed E-state index contributed by atoms with van der Waals surface area (Å²) in [5, 5.41) is 6.13. The third-order valence-electron chi connectivity index (χ3n) is 10.3. The Bertz CT molecular complexity index is 1860. The van der Waals surface area contributed by atoms with Crippen molar-refractivity contribution in [3.8, 4) is 0 Å². The number of amides is 4. The molecule has 7 rings (SSSR count). The highest BCUT2D eigenvalue weighted by molar-refractivity contribution is 5.98. The molecule has 2 saturated heterocycles. The molecule has 0 aromatic heterocycles. The highest BCUT2D eigenvalue weighted by Crippen LogP contribution is 2.27. The molecule has 4 aromatic rings. The van der Waals surface area contributed by atoms with Crippen LogP contribution in [0.15, 0.2) is 103 Å². The predicted molar refractivity (Wildman–Crippen MR) is 198 cm³/mol. The summed E-state index contributed by atoms with van der Waals surface area (Å²) >= 11 is 0. The lowest BCUT2D eigenvalue weighted by Crippen LogP contribution is -2.43. The van der Waals surface area contributed by atoms with Gasteiger partial charge in [-0.25, -0.2) is 0 Å². The fraction of sp³-hybridized carbons (Fsp3) is 0.333. The largest absolute Gasteiger partial charge is 0.330 e. The molecule has 0 bridgehead atoms. The van der Waals surface area contributed by atoms with Crippen molar-refractivity contribution in [2.24, 2.45) is 0 Å². The summed E-state index contributed by atoms with van der Waals surface area (Å²) in [6.07, 6.45) is 4.48. The van der Waals surface area contributed by atoms with Crippen LogP contribution in [0.5, 0.6) is 0 Å². The van der Waals surface area contributed by atoms with E-state index in [0.717, 1.165) is 67.0 Å².